The van der Waals surface area contributed by atoms with E-state index in [4.69, 9.17) is 0 Å². The Morgan fingerprint density at radius 1 is 1.42 bits per heavy atom. The van der Waals surface area contributed by atoms with Crippen molar-refractivity contribution in [1.82, 2.24) is 20.1 Å². The lowest BCUT2D eigenvalue weighted by atomic mass is 9.99. The molecule has 1 saturated heterocycles. The average molecular weight is 352 g/mol. The molecule has 0 spiro atoms. The lowest BCUT2D eigenvalue weighted by Crippen LogP contribution is -2.39. The van der Waals surface area contributed by atoms with Crippen LogP contribution in [0.2, 0.25) is 0 Å². The van der Waals surface area contributed by atoms with Gasteiger partial charge in [0.1, 0.15) is 0 Å². The van der Waals surface area contributed by atoms with Crippen LogP contribution >= 0.6 is 11.3 Å². The van der Waals surface area contributed by atoms with E-state index in [1.54, 1.807) is 11.3 Å². The first-order chi connectivity index (χ1) is 11.6. The van der Waals surface area contributed by atoms with Crippen molar-refractivity contribution >= 4 is 17.3 Å². The number of aromatic nitrogens is 1. The van der Waals surface area contributed by atoms with E-state index in [2.05, 4.69) is 44.4 Å². The maximum Gasteiger partial charge on any atom is 0.193 e. The summed E-state index contributed by atoms with van der Waals surface area (Å²) in [4.78, 5) is 13.7. The number of nitrogens with zero attached hydrogens (tertiary/aromatic N) is 4. The van der Waals surface area contributed by atoms with E-state index in [0.717, 1.165) is 35.7 Å². The highest BCUT2D eigenvalue weighted by Crippen LogP contribution is 2.16. The molecule has 1 aromatic rings. The van der Waals surface area contributed by atoms with Gasteiger partial charge in [-0.05, 0) is 58.2 Å². The first-order valence-corrected chi connectivity index (χ1v) is 10.0. The molecule has 2 rings (SSSR count). The van der Waals surface area contributed by atoms with Gasteiger partial charge in [0.05, 0.1) is 17.2 Å². The normalized spacial score (nSPS) is 17.2. The number of hydrogen-bond donors (Lipinski definition) is 1. The Bertz CT molecular complexity index is 505. The van der Waals surface area contributed by atoms with Crippen LogP contribution in [-0.4, -0.2) is 61.0 Å². The molecule has 0 amide bonds. The summed E-state index contributed by atoms with van der Waals surface area (Å²) in [6.45, 7) is 10.0. The molecular formula is C18H33N5S. The number of rotatable bonds is 7. The molecule has 0 unspecified atom stereocenters. The minimum atomic E-state index is 0.802. The first kappa shape index (κ1) is 19.2. The monoisotopic (exact) mass is 351 g/mol. The zero-order valence-corrected chi connectivity index (χ0v) is 16.5. The van der Waals surface area contributed by atoms with Gasteiger partial charge >= 0.3 is 0 Å². The van der Waals surface area contributed by atoms with Gasteiger partial charge in [0.15, 0.2) is 5.96 Å². The van der Waals surface area contributed by atoms with E-state index in [9.17, 15) is 0 Å². The molecule has 0 aliphatic carbocycles. The van der Waals surface area contributed by atoms with E-state index in [0.29, 0.717) is 0 Å². The second-order valence-corrected chi connectivity index (χ2v) is 7.98. The van der Waals surface area contributed by atoms with Gasteiger partial charge in [0.25, 0.3) is 0 Å². The Morgan fingerprint density at radius 2 is 2.17 bits per heavy atom. The van der Waals surface area contributed by atoms with Crippen LogP contribution in [0.1, 0.15) is 43.3 Å². The fourth-order valence-electron chi connectivity index (χ4n) is 3.13. The number of aryl methyl sites for hydroxylation is 1. The molecule has 1 fully saturated rings. The number of aliphatic imine (C=N–C) groups is 1. The zero-order valence-electron chi connectivity index (χ0n) is 15.7. The van der Waals surface area contributed by atoms with Gasteiger partial charge in [-0.3, -0.25) is 4.99 Å². The van der Waals surface area contributed by atoms with Crippen LogP contribution < -0.4 is 5.32 Å². The minimum absolute atomic E-state index is 0.802. The maximum absolute atomic E-state index is 4.52. The largest absolute Gasteiger partial charge is 0.356 e. The molecule has 1 aliphatic rings. The van der Waals surface area contributed by atoms with Crippen LogP contribution in [0.15, 0.2) is 10.4 Å². The highest BCUT2D eigenvalue weighted by atomic mass is 32.1. The van der Waals surface area contributed by atoms with Gasteiger partial charge < -0.3 is 15.1 Å². The lowest BCUT2D eigenvalue weighted by molar-refractivity contribution is 0.189. The van der Waals surface area contributed by atoms with Crippen LogP contribution in [0.25, 0.3) is 0 Å². The average Bonchev–Trinajstić information content (AvgIpc) is 2.97. The summed E-state index contributed by atoms with van der Waals surface area (Å²) in [7, 11) is 3.92. The summed E-state index contributed by atoms with van der Waals surface area (Å²) in [6, 6.07) is 0. The summed E-state index contributed by atoms with van der Waals surface area (Å²) >= 11 is 1.70. The van der Waals surface area contributed by atoms with Crippen molar-refractivity contribution in [3.05, 3.63) is 16.1 Å². The second kappa shape index (κ2) is 9.99. The number of nitrogens with one attached hydrogen (secondary N) is 1. The SMILES string of the molecule is CN=C(NCCCCN1CCC(C)CC1)N(C)Cc1csc(C)n1. The standard InChI is InChI=1S/C18H33N5S/c1-15-7-11-23(12-8-15)10-6-5-9-20-18(19-3)22(4)13-17-14-24-16(2)21-17/h14-15H,5-13H2,1-4H3,(H,19,20). The van der Waals surface area contributed by atoms with Gasteiger partial charge in [0.2, 0.25) is 0 Å². The Balaban J connectivity index is 1.61. The molecule has 136 valence electrons. The van der Waals surface area contributed by atoms with E-state index in [1.807, 2.05) is 14.0 Å². The molecule has 0 bridgehead atoms. The summed E-state index contributed by atoms with van der Waals surface area (Å²) < 4.78 is 0. The number of guanidine groups is 1. The predicted octanol–water partition coefficient (Wildman–Crippen LogP) is 2.97. The Labute approximate surface area is 151 Å². The molecule has 1 aliphatic heterocycles. The van der Waals surface area contributed by atoms with E-state index in [-0.39, 0.29) is 0 Å². The topological polar surface area (TPSA) is 43.8 Å². The summed E-state index contributed by atoms with van der Waals surface area (Å²) in [5, 5.41) is 6.72. The Hall–Kier alpha value is -1.14. The predicted molar refractivity (Wildman–Crippen MR) is 104 cm³/mol. The van der Waals surface area contributed by atoms with Crippen molar-refractivity contribution in [2.24, 2.45) is 10.9 Å². The van der Waals surface area contributed by atoms with E-state index >= 15 is 0 Å². The number of unbranched alkanes of at least 4 members (excludes halogenated alkanes) is 1. The van der Waals surface area contributed by atoms with Gasteiger partial charge in [-0.25, -0.2) is 4.98 Å². The molecule has 0 radical (unpaired) electrons. The smallest absolute Gasteiger partial charge is 0.193 e. The number of likely N-dealkylation sites (tertiary alicyclic amines) is 1. The van der Waals surface area contributed by atoms with Crippen molar-refractivity contribution in [2.45, 2.75) is 46.1 Å². The summed E-state index contributed by atoms with van der Waals surface area (Å²) in [5.41, 5.74) is 1.11. The van der Waals surface area contributed by atoms with Gasteiger partial charge in [-0.2, -0.15) is 0 Å². The molecule has 24 heavy (non-hydrogen) atoms. The Kier molecular flexibility index (Phi) is 7.99. The molecule has 6 heteroatoms. The van der Waals surface area contributed by atoms with Crippen LogP contribution in [0, 0.1) is 12.8 Å². The van der Waals surface area contributed by atoms with E-state index in [1.165, 1.54) is 45.3 Å². The number of thiazole rings is 1. The van der Waals surface area contributed by atoms with Crippen molar-refractivity contribution < 1.29 is 0 Å². The van der Waals surface area contributed by atoms with Crippen molar-refractivity contribution in [3.8, 4) is 0 Å². The van der Waals surface area contributed by atoms with Gasteiger partial charge in [-0.1, -0.05) is 6.92 Å². The zero-order chi connectivity index (χ0) is 17.4. The maximum atomic E-state index is 4.52. The van der Waals surface area contributed by atoms with Crippen LogP contribution in [0.3, 0.4) is 0 Å². The molecule has 2 heterocycles. The highest BCUT2D eigenvalue weighted by Gasteiger charge is 2.14. The fourth-order valence-corrected chi connectivity index (χ4v) is 3.73. The van der Waals surface area contributed by atoms with Crippen LogP contribution in [0.4, 0.5) is 0 Å². The fraction of sp³-hybridized carbons (Fsp3) is 0.778. The molecule has 0 saturated carbocycles. The third-order valence-electron chi connectivity index (χ3n) is 4.70. The minimum Gasteiger partial charge on any atom is -0.356 e. The van der Waals surface area contributed by atoms with Crippen molar-refractivity contribution in [1.29, 1.82) is 0 Å². The van der Waals surface area contributed by atoms with E-state index < -0.39 is 0 Å². The van der Waals surface area contributed by atoms with Crippen LogP contribution in [0.5, 0.6) is 0 Å². The van der Waals surface area contributed by atoms with Crippen molar-refractivity contribution in [3.63, 3.8) is 0 Å². The third-order valence-corrected chi connectivity index (χ3v) is 5.52. The highest BCUT2D eigenvalue weighted by molar-refractivity contribution is 7.09. The summed E-state index contributed by atoms with van der Waals surface area (Å²) in [6.07, 6.45) is 5.18. The third kappa shape index (κ3) is 6.40. The molecule has 5 nitrogen and oxygen atoms in total. The summed E-state index contributed by atoms with van der Waals surface area (Å²) in [5.74, 6) is 1.87. The van der Waals surface area contributed by atoms with Gasteiger partial charge in [0, 0.05) is 26.0 Å². The number of hydrogen-bond acceptors (Lipinski definition) is 4. The quantitative estimate of drug-likeness (QED) is 0.466. The first-order valence-electron chi connectivity index (χ1n) is 9.13. The number of piperidine rings is 1. The van der Waals surface area contributed by atoms with Crippen molar-refractivity contribution in [2.75, 3.05) is 40.3 Å². The molecular weight excluding hydrogens is 318 g/mol. The second-order valence-electron chi connectivity index (χ2n) is 6.92. The molecule has 1 aromatic heterocycles. The molecule has 1 N–H and O–H groups in total. The lowest BCUT2D eigenvalue weighted by Gasteiger charge is -2.30. The Morgan fingerprint density at radius 3 is 2.79 bits per heavy atom. The molecule has 0 aromatic carbocycles. The van der Waals surface area contributed by atoms with Gasteiger partial charge in [-0.15, -0.1) is 11.3 Å². The van der Waals surface area contributed by atoms with Crippen LogP contribution in [-0.2, 0) is 6.54 Å². The molecule has 0 atom stereocenters.